The minimum absolute atomic E-state index is 0.0529. The fourth-order valence-electron chi connectivity index (χ4n) is 6.71. The Hall–Kier alpha value is -2.83. The number of aromatic nitrogens is 1. The molecular weight excluding hydrogens is 418 g/mol. The molecule has 0 spiro atoms. The summed E-state index contributed by atoms with van der Waals surface area (Å²) in [5.74, 6) is 2.14. The number of carbonyl (C=O) groups is 2. The number of hydrogen-bond acceptors (Lipinski definition) is 4. The summed E-state index contributed by atoms with van der Waals surface area (Å²) in [5, 5.41) is 6.67. The molecule has 4 saturated carbocycles. The zero-order valence-corrected chi connectivity index (χ0v) is 19.1. The lowest BCUT2D eigenvalue weighted by molar-refractivity contribution is -0.127. The molecule has 33 heavy (non-hydrogen) atoms. The SMILES string of the molecule is C[C@](Cc1c[nH]c2ccccc12)(NC(=O)OC1C2CC3CC(C2)CC1C3)C(=O)NCC[C]=O. The number of H-pyrrole nitrogens is 1. The molecular formula is C26H32N3O4. The van der Waals surface area contributed by atoms with Gasteiger partial charge in [0.2, 0.25) is 5.91 Å². The fourth-order valence-corrected chi connectivity index (χ4v) is 6.71. The Bertz CT molecular complexity index is 1020. The molecule has 1 aromatic heterocycles. The van der Waals surface area contributed by atoms with Crippen molar-refractivity contribution in [3.05, 3.63) is 36.0 Å². The first-order valence-electron chi connectivity index (χ1n) is 12.1. The van der Waals surface area contributed by atoms with Gasteiger partial charge in [0.1, 0.15) is 11.6 Å². The second-order valence-corrected chi connectivity index (χ2v) is 10.4. The number of carbonyl (C=O) groups excluding carboxylic acids is 3. The van der Waals surface area contributed by atoms with Crippen molar-refractivity contribution in [2.45, 2.75) is 63.5 Å². The van der Waals surface area contributed by atoms with Crippen LogP contribution in [0.25, 0.3) is 10.9 Å². The number of amides is 2. The van der Waals surface area contributed by atoms with Gasteiger partial charge in [0.15, 0.2) is 6.29 Å². The third kappa shape index (κ3) is 4.37. The summed E-state index contributed by atoms with van der Waals surface area (Å²) in [6.45, 7) is 1.89. The molecule has 1 atom stereocenters. The summed E-state index contributed by atoms with van der Waals surface area (Å²) in [7, 11) is 0. The molecule has 0 saturated heterocycles. The highest BCUT2D eigenvalue weighted by molar-refractivity contribution is 5.91. The lowest BCUT2D eigenvalue weighted by atomic mass is 9.55. The summed E-state index contributed by atoms with van der Waals surface area (Å²) in [6, 6.07) is 7.87. The maximum atomic E-state index is 13.2. The lowest BCUT2D eigenvalue weighted by Crippen LogP contribution is -2.59. The predicted molar refractivity (Wildman–Crippen MR) is 124 cm³/mol. The number of fused-ring (bicyclic) bond motifs is 1. The van der Waals surface area contributed by atoms with Crippen molar-refractivity contribution >= 4 is 29.2 Å². The highest BCUT2D eigenvalue weighted by atomic mass is 16.6. The molecule has 4 bridgehead atoms. The fraction of sp³-hybridized carbons (Fsp3) is 0.577. The van der Waals surface area contributed by atoms with Crippen LogP contribution < -0.4 is 10.6 Å². The van der Waals surface area contributed by atoms with Crippen LogP contribution in [0.3, 0.4) is 0 Å². The van der Waals surface area contributed by atoms with E-state index in [1.807, 2.05) is 30.5 Å². The molecule has 7 heteroatoms. The van der Waals surface area contributed by atoms with Crippen molar-refractivity contribution in [3.8, 4) is 0 Å². The van der Waals surface area contributed by atoms with E-state index >= 15 is 0 Å². The molecule has 7 nitrogen and oxygen atoms in total. The van der Waals surface area contributed by atoms with Crippen LogP contribution in [0.4, 0.5) is 4.79 Å². The Morgan fingerprint density at radius 2 is 1.82 bits per heavy atom. The number of hydrogen-bond donors (Lipinski definition) is 3. The first kappa shape index (κ1) is 22.0. The van der Waals surface area contributed by atoms with E-state index in [1.165, 1.54) is 6.42 Å². The van der Waals surface area contributed by atoms with E-state index in [-0.39, 0.29) is 25.0 Å². The van der Waals surface area contributed by atoms with E-state index in [4.69, 9.17) is 4.74 Å². The molecule has 2 amide bonds. The van der Waals surface area contributed by atoms with Crippen LogP contribution in [0.5, 0.6) is 0 Å². The Morgan fingerprint density at radius 1 is 1.12 bits per heavy atom. The maximum absolute atomic E-state index is 13.2. The molecule has 0 aliphatic heterocycles. The number of benzene rings is 1. The van der Waals surface area contributed by atoms with E-state index in [1.54, 1.807) is 13.2 Å². The zero-order valence-electron chi connectivity index (χ0n) is 19.1. The molecule has 0 unspecified atom stereocenters. The summed E-state index contributed by atoms with van der Waals surface area (Å²) in [5.41, 5.74) is 0.679. The van der Waals surface area contributed by atoms with Gasteiger partial charge in [-0.2, -0.15) is 0 Å². The minimum atomic E-state index is -1.23. The second kappa shape index (κ2) is 8.84. The Labute approximate surface area is 194 Å². The van der Waals surface area contributed by atoms with E-state index < -0.39 is 11.6 Å². The number of rotatable bonds is 8. The third-order valence-corrected chi connectivity index (χ3v) is 7.99. The average Bonchev–Trinajstić information content (AvgIpc) is 3.18. The van der Waals surface area contributed by atoms with Crippen molar-refractivity contribution in [3.63, 3.8) is 0 Å². The van der Waals surface area contributed by atoms with Crippen LogP contribution >= 0.6 is 0 Å². The Kier molecular flexibility index (Phi) is 5.89. The van der Waals surface area contributed by atoms with E-state index in [2.05, 4.69) is 15.6 Å². The zero-order chi connectivity index (χ0) is 23.0. The molecule has 1 radical (unpaired) electrons. The van der Waals surface area contributed by atoms with Gasteiger partial charge < -0.3 is 20.4 Å². The number of para-hydroxylation sites is 1. The smallest absolute Gasteiger partial charge is 0.408 e. The largest absolute Gasteiger partial charge is 0.446 e. The summed E-state index contributed by atoms with van der Waals surface area (Å²) >= 11 is 0. The summed E-state index contributed by atoms with van der Waals surface area (Å²) in [6.07, 6.45) is 9.43. The minimum Gasteiger partial charge on any atom is -0.446 e. The molecule has 3 N–H and O–H groups in total. The van der Waals surface area contributed by atoms with Crippen LogP contribution in [0, 0.1) is 23.7 Å². The van der Waals surface area contributed by atoms with Crippen molar-refractivity contribution in [2.24, 2.45) is 23.7 Å². The molecule has 1 aromatic carbocycles. The van der Waals surface area contributed by atoms with Gasteiger partial charge in [-0.05, 0) is 74.3 Å². The summed E-state index contributed by atoms with van der Waals surface area (Å²) < 4.78 is 6.01. The van der Waals surface area contributed by atoms with E-state index in [0.717, 1.165) is 54.0 Å². The van der Waals surface area contributed by atoms with Gasteiger partial charge in [0, 0.05) is 36.5 Å². The van der Waals surface area contributed by atoms with Crippen molar-refractivity contribution in [1.29, 1.82) is 0 Å². The van der Waals surface area contributed by atoms with Crippen molar-refractivity contribution < 1.29 is 19.1 Å². The molecule has 4 aliphatic carbocycles. The van der Waals surface area contributed by atoms with Gasteiger partial charge in [-0.1, -0.05) is 18.2 Å². The molecule has 6 rings (SSSR count). The first-order chi connectivity index (χ1) is 15.9. The Balaban J connectivity index is 1.32. The van der Waals surface area contributed by atoms with Crippen LogP contribution in [0.2, 0.25) is 0 Å². The van der Waals surface area contributed by atoms with Crippen LogP contribution in [0.15, 0.2) is 30.5 Å². The van der Waals surface area contributed by atoms with E-state index in [9.17, 15) is 14.4 Å². The predicted octanol–water partition coefficient (Wildman–Crippen LogP) is 3.64. The van der Waals surface area contributed by atoms with Crippen LogP contribution in [-0.2, 0) is 20.7 Å². The highest BCUT2D eigenvalue weighted by Gasteiger charge is 2.50. The van der Waals surface area contributed by atoms with Gasteiger partial charge in [-0.3, -0.25) is 9.59 Å². The molecule has 175 valence electrons. The topological polar surface area (TPSA) is 100 Å². The van der Waals surface area contributed by atoms with Gasteiger partial charge >= 0.3 is 6.09 Å². The quantitative estimate of drug-likeness (QED) is 0.535. The average molecular weight is 451 g/mol. The molecule has 4 fully saturated rings. The van der Waals surface area contributed by atoms with Gasteiger partial charge in [0.25, 0.3) is 0 Å². The Morgan fingerprint density at radius 3 is 2.52 bits per heavy atom. The van der Waals surface area contributed by atoms with Crippen LogP contribution in [-0.4, -0.2) is 41.5 Å². The molecule has 2 aromatic rings. The van der Waals surface area contributed by atoms with Gasteiger partial charge in [-0.15, -0.1) is 0 Å². The summed E-state index contributed by atoms with van der Waals surface area (Å²) in [4.78, 5) is 40.1. The number of ether oxygens (including phenoxy) is 1. The number of aromatic amines is 1. The lowest BCUT2D eigenvalue weighted by Gasteiger charge is -2.53. The number of nitrogens with one attached hydrogen (secondary N) is 3. The second-order valence-electron chi connectivity index (χ2n) is 10.4. The maximum Gasteiger partial charge on any atom is 0.408 e. The standard InChI is InChI=1S/C26H32N3O4/c1-26(24(31)27-7-4-8-30,14-20-15-28-22-6-3-2-5-21(20)22)29-25(32)33-23-18-10-16-9-17(12-18)13-19(23)11-16/h2-3,5-6,15-19,23,28H,4,7,9-14H2,1H3,(H,27,31)(H,29,32)/t16?,17?,18?,19?,23?,26-/m1/s1. The molecule has 1 heterocycles. The van der Waals surface area contributed by atoms with Crippen molar-refractivity contribution in [2.75, 3.05) is 6.54 Å². The van der Waals surface area contributed by atoms with Gasteiger partial charge in [0.05, 0.1) is 0 Å². The van der Waals surface area contributed by atoms with Crippen LogP contribution in [0.1, 0.15) is 51.0 Å². The molecule has 4 aliphatic rings. The third-order valence-electron chi connectivity index (χ3n) is 7.99. The first-order valence-corrected chi connectivity index (χ1v) is 12.1. The monoisotopic (exact) mass is 450 g/mol. The normalized spacial score (nSPS) is 29.4. The van der Waals surface area contributed by atoms with E-state index in [0.29, 0.717) is 18.3 Å². The highest BCUT2D eigenvalue weighted by Crippen LogP contribution is 2.54. The number of alkyl carbamates (subject to hydrolysis) is 1. The van der Waals surface area contributed by atoms with Gasteiger partial charge in [-0.25, -0.2) is 4.79 Å². The van der Waals surface area contributed by atoms with Crippen molar-refractivity contribution in [1.82, 2.24) is 15.6 Å².